The van der Waals surface area contributed by atoms with Crippen LogP contribution in [-0.4, -0.2) is 47.9 Å². The Morgan fingerprint density at radius 2 is 2.00 bits per heavy atom. The third-order valence-corrected chi connectivity index (χ3v) is 5.24. The van der Waals surface area contributed by atoms with E-state index in [0.717, 1.165) is 23.7 Å². The van der Waals surface area contributed by atoms with Crippen molar-refractivity contribution in [1.29, 1.82) is 0 Å². The summed E-state index contributed by atoms with van der Waals surface area (Å²) in [5.41, 5.74) is 7.40. The SMILES string of the molecule is Cl.Cl.NCCNC(=O)C1CCCN(C(=O)c2cc(-c3ccco3)nc3ccccc23)C1. The predicted molar refractivity (Wildman–Crippen MR) is 125 cm³/mol. The number of carbonyl (C=O) groups is 2. The summed E-state index contributed by atoms with van der Waals surface area (Å²) >= 11 is 0. The second kappa shape index (κ2) is 11.1. The number of hydrogen-bond donors (Lipinski definition) is 2. The van der Waals surface area contributed by atoms with Gasteiger partial charge in [0.05, 0.1) is 23.3 Å². The fraction of sp³-hybridized carbons (Fsp3) is 0.318. The van der Waals surface area contributed by atoms with Crippen LogP contribution < -0.4 is 11.1 Å². The summed E-state index contributed by atoms with van der Waals surface area (Å²) in [7, 11) is 0. The summed E-state index contributed by atoms with van der Waals surface area (Å²) in [6, 6.07) is 13.0. The van der Waals surface area contributed by atoms with Crippen molar-refractivity contribution in [2.24, 2.45) is 11.7 Å². The van der Waals surface area contributed by atoms with Gasteiger partial charge in [-0.2, -0.15) is 0 Å². The minimum absolute atomic E-state index is 0. The molecule has 166 valence electrons. The molecule has 1 fully saturated rings. The maximum Gasteiger partial charge on any atom is 0.254 e. The summed E-state index contributed by atoms with van der Waals surface area (Å²) in [6.07, 6.45) is 3.15. The average Bonchev–Trinajstić information content (AvgIpc) is 3.31. The number of carbonyl (C=O) groups excluding carboxylic acids is 2. The highest BCUT2D eigenvalue weighted by atomic mass is 35.5. The number of furan rings is 1. The molecule has 1 aliphatic heterocycles. The fourth-order valence-corrected chi connectivity index (χ4v) is 3.79. The molecule has 0 bridgehead atoms. The van der Waals surface area contributed by atoms with Gasteiger partial charge in [0.2, 0.25) is 5.91 Å². The molecule has 1 atom stereocenters. The number of nitrogens with one attached hydrogen (secondary N) is 1. The fourth-order valence-electron chi connectivity index (χ4n) is 3.79. The number of piperidine rings is 1. The number of nitrogens with zero attached hydrogens (tertiary/aromatic N) is 2. The number of para-hydroxylation sites is 1. The molecule has 1 aliphatic rings. The summed E-state index contributed by atoms with van der Waals surface area (Å²) < 4.78 is 5.48. The number of halogens is 2. The van der Waals surface area contributed by atoms with Crippen LogP contribution in [0, 0.1) is 5.92 Å². The Morgan fingerprint density at radius 3 is 2.74 bits per heavy atom. The van der Waals surface area contributed by atoms with Crippen molar-refractivity contribution in [1.82, 2.24) is 15.2 Å². The summed E-state index contributed by atoms with van der Waals surface area (Å²) in [4.78, 5) is 32.2. The first-order valence-electron chi connectivity index (χ1n) is 9.88. The van der Waals surface area contributed by atoms with E-state index >= 15 is 0 Å². The third-order valence-electron chi connectivity index (χ3n) is 5.24. The van der Waals surface area contributed by atoms with Gasteiger partial charge in [0.25, 0.3) is 5.91 Å². The van der Waals surface area contributed by atoms with Crippen molar-refractivity contribution in [3.8, 4) is 11.5 Å². The van der Waals surface area contributed by atoms with Crippen LogP contribution >= 0.6 is 24.8 Å². The molecule has 4 rings (SSSR count). The van der Waals surface area contributed by atoms with E-state index in [-0.39, 0.29) is 42.5 Å². The molecule has 2 aromatic heterocycles. The Hall–Kier alpha value is -2.61. The molecule has 1 unspecified atom stereocenters. The van der Waals surface area contributed by atoms with Crippen LogP contribution in [0.5, 0.6) is 0 Å². The number of likely N-dealkylation sites (tertiary alicyclic amines) is 1. The molecule has 31 heavy (non-hydrogen) atoms. The number of aromatic nitrogens is 1. The molecular formula is C22H26Cl2N4O3. The molecule has 7 nitrogen and oxygen atoms in total. The maximum absolute atomic E-state index is 13.4. The van der Waals surface area contributed by atoms with E-state index in [1.165, 1.54) is 0 Å². The van der Waals surface area contributed by atoms with Crippen LogP contribution in [0.3, 0.4) is 0 Å². The Bertz CT molecular complexity index is 1030. The second-order valence-corrected chi connectivity index (χ2v) is 7.22. The van der Waals surface area contributed by atoms with Crippen molar-refractivity contribution < 1.29 is 14.0 Å². The highest BCUT2D eigenvalue weighted by Gasteiger charge is 2.29. The van der Waals surface area contributed by atoms with Crippen LogP contribution in [0.2, 0.25) is 0 Å². The van der Waals surface area contributed by atoms with Crippen LogP contribution in [0.1, 0.15) is 23.2 Å². The molecule has 3 N–H and O–H groups in total. The standard InChI is InChI=1S/C22H24N4O3.2ClH/c23-9-10-24-21(27)15-5-3-11-26(14-15)22(28)17-13-19(20-8-4-12-29-20)25-18-7-2-1-6-16(17)18;;/h1-2,4,6-8,12-13,15H,3,5,9-11,14,23H2,(H,24,27);2*1H. The molecule has 1 aromatic carbocycles. The number of pyridine rings is 1. The van der Waals surface area contributed by atoms with Gasteiger partial charge in [0.1, 0.15) is 5.69 Å². The third kappa shape index (κ3) is 5.36. The molecule has 9 heteroatoms. The molecule has 3 heterocycles. The van der Waals surface area contributed by atoms with Gasteiger partial charge >= 0.3 is 0 Å². The lowest BCUT2D eigenvalue weighted by Crippen LogP contribution is -2.46. The normalized spacial score (nSPS) is 15.6. The van der Waals surface area contributed by atoms with Gasteiger partial charge in [-0.05, 0) is 37.1 Å². The lowest BCUT2D eigenvalue weighted by molar-refractivity contribution is -0.126. The largest absolute Gasteiger partial charge is 0.463 e. The van der Waals surface area contributed by atoms with E-state index in [1.807, 2.05) is 30.3 Å². The van der Waals surface area contributed by atoms with Crippen LogP contribution in [0.4, 0.5) is 0 Å². The quantitative estimate of drug-likeness (QED) is 0.603. The number of hydrogen-bond acceptors (Lipinski definition) is 5. The Balaban J connectivity index is 0.00000171. The number of amides is 2. The highest BCUT2D eigenvalue weighted by Crippen LogP contribution is 2.27. The average molecular weight is 465 g/mol. The summed E-state index contributed by atoms with van der Waals surface area (Å²) in [5.74, 6) is 0.274. The van der Waals surface area contributed by atoms with E-state index < -0.39 is 0 Å². The van der Waals surface area contributed by atoms with Crippen molar-refractivity contribution in [3.63, 3.8) is 0 Å². The van der Waals surface area contributed by atoms with Crippen LogP contribution in [-0.2, 0) is 4.79 Å². The van der Waals surface area contributed by atoms with Gasteiger partial charge in [-0.3, -0.25) is 9.59 Å². The predicted octanol–water partition coefficient (Wildman–Crippen LogP) is 3.27. The Morgan fingerprint density at radius 1 is 1.19 bits per heavy atom. The van der Waals surface area contributed by atoms with Crippen LogP contribution in [0.15, 0.2) is 53.1 Å². The molecule has 0 aliphatic carbocycles. The summed E-state index contributed by atoms with van der Waals surface area (Å²) in [5, 5.41) is 3.63. The Kier molecular flexibility index (Phi) is 8.86. The topological polar surface area (TPSA) is 101 Å². The van der Waals surface area contributed by atoms with Crippen molar-refractivity contribution in [2.75, 3.05) is 26.2 Å². The van der Waals surface area contributed by atoms with Gasteiger partial charge in [-0.15, -0.1) is 24.8 Å². The van der Waals surface area contributed by atoms with Gasteiger partial charge in [0, 0.05) is 31.6 Å². The smallest absolute Gasteiger partial charge is 0.254 e. The van der Waals surface area contributed by atoms with Gasteiger partial charge in [-0.25, -0.2) is 4.98 Å². The first-order chi connectivity index (χ1) is 14.2. The maximum atomic E-state index is 13.4. The van der Waals surface area contributed by atoms with Crippen molar-refractivity contribution in [2.45, 2.75) is 12.8 Å². The highest BCUT2D eigenvalue weighted by molar-refractivity contribution is 6.07. The Labute approximate surface area is 193 Å². The van der Waals surface area contributed by atoms with Gasteiger partial charge in [0.15, 0.2) is 5.76 Å². The van der Waals surface area contributed by atoms with E-state index in [1.54, 1.807) is 23.3 Å². The van der Waals surface area contributed by atoms with E-state index in [0.29, 0.717) is 43.2 Å². The minimum Gasteiger partial charge on any atom is -0.463 e. The van der Waals surface area contributed by atoms with Crippen LogP contribution in [0.25, 0.3) is 22.4 Å². The first-order valence-corrected chi connectivity index (χ1v) is 9.88. The lowest BCUT2D eigenvalue weighted by Gasteiger charge is -2.32. The molecule has 0 saturated carbocycles. The zero-order valence-electron chi connectivity index (χ0n) is 17.0. The molecule has 0 radical (unpaired) electrons. The lowest BCUT2D eigenvalue weighted by atomic mass is 9.96. The molecule has 0 spiro atoms. The van der Waals surface area contributed by atoms with Gasteiger partial charge < -0.3 is 20.4 Å². The number of benzene rings is 1. The van der Waals surface area contributed by atoms with Gasteiger partial charge in [-0.1, -0.05) is 18.2 Å². The monoisotopic (exact) mass is 464 g/mol. The molecule has 3 aromatic rings. The summed E-state index contributed by atoms with van der Waals surface area (Å²) in [6.45, 7) is 1.89. The molecule has 1 saturated heterocycles. The van der Waals surface area contributed by atoms with Crippen molar-refractivity contribution >= 4 is 47.5 Å². The van der Waals surface area contributed by atoms with E-state index in [2.05, 4.69) is 10.3 Å². The first kappa shape index (κ1) is 24.7. The van der Waals surface area contributed by atoms with E-state index in [4.69, 9.17) is 10.2 Å². The number of nitrogens with two attached hydrogens (primary N) is 1. The van der Waals surface area contributed by atoms with Crippen molar-refractivity contribution in [3.05, 3.63) is 54.3 Å². The number of fused-ring (bicyclic) bond motifs is 1. The number of rotatable bonds is 5. The minimum atomic E-state index is -0.211. The molecule has 2 amide bonds. The zero-order chi connectivity index (χ0) is 20.2. The molecular weight excluding hydrogens is 439 g/mol. The zero-order valence-corrected chi connectivity index (χ0v) is 18.6. The second-order valence-electron chi connectivity index (χ2n) is 7.22. The van der Waals surface area contributed by atoms with E-state index in [9.17, 15) is 9.59 Å².